The van der Waals surface area contributed by atoms with Gasteiger partial charge in [0, 0.05) is 85.7 Å². The quantitative estimate of drug-likeness (QED) is 0.137. The van der Waals surface area contributed by atoms with E-state index in [0.29, 0.717) is 0 Å². The van der Waals surface area contributed by atoms with Crippen molar-refractivity contribution in [3.05, 3.63) is 212 Å². The molecular formula is C62H107N19. The predicted octanol–water partition coefficient (Wildman–Crippen LogP) is 15.7. The van der Waals surface area contributed by atoms with Crippen LogP contribution in [0.3, 0.4) is 0 Å². The summed E-state index contributed by atoms with van der Waals surface area (Å²) in [5.74, 6) is 0.822. The number of rotatable bonds is 0. The molecule has 19 nitrogen and oxygen atoms in total. The van der Waals surface area contributed by atoms with Crippen LogP contribution in [-0.2, 0) is 0 Å². The highest BCUT2D eigenvalue weighted by atomic mass is 15.1. The summed E-state index contributed by atoms with van der Waals surface area (Å²) in [6.07, 6.45) is 33.2. The Morgan fingerprint density at radius 1 is 0.222 bits per heavy atom. The third kappa shape index (κ3) is 85.8. The molecule has 0 N–H and O–H groups in total. The first-order valence-electron chi connectivity index (χ1n) is 28.0. The molecule has 0 spiro atoms. The molecule has 9 heterocycles. The van der Waals surface area contributed by atoms with Crippen LogP contribution in [0.1, 0.15) is 176 Å². The summed E-state index contributed by atoms with van der Waals surface area (Å²) >= 11 is 0. The third-order valence-electron chi connectivity index (χ3n) is 6.34. The van der Waals surface area contributed by atoms with E-state index in [-0.39, 0.29) is 0 Å². The van der Waals surface area contributed by atoms with E-state index in [2.05, 4.69) is 95.4 Å². The van der Waals surface area contributed by atoms with Crippen molar-refractivity contribution in [3.8, 4) is 0 Å². The molecule has 0 fully saturated rings. The molecular weight excluding hydrogens is 1010 g/mol. The van der Waals surface area contributed by atoms with E-state index in [0.717, 1.165) is 45.4 Å². The summed E-state index contributed by atoms with van der Waals surface area (Å²) in [4.78, 5) is 49.6. The van der Waals surface area contributed by atoms with Crippen molar-refractivity contribution < 1.29 is 0 Å². The van der Waals surface area contributed by atoms with E-state index in [9.17, 15) is 0 Å². The number of hydrogen-bond acceptors (Lipinski definition) is 19. The summed E-state index contributed by atoms with van der Waals surface area (Å²) in [7, 11) is 0. The summed E-state index contributed by atoms with van der Waals surface area (Å²) in [5, 5.41) is 21.5. The maximum atomic E-state index is 3.92. The van der Waals surface area contributed by atoms with Gasteiger partial charge in [0.05, 0.1) is 35.7 Å². The van der Waals surface area contributed by atoms with Gasteiger partial charge >= 0.3 is 0 Å². The molecule has 0 radical (unpaired) electrons. The monoisotopic (exact) mass is 1120 g/mol. The number of pyridine rings is 1. The van der Waals surface area contributed by atoms with Gasteiger partial charge in [-0.15, -0.1) is 10.2 Å². The van der Waals surface area contributed by atoms with Crippen LogP contribution in [0.4, 0.5) is 0 Å². The van der Waals surface area contributed by atoms with Gasteiger partial charge in [-0.2, -0.15) is 20.4 Å². The first kappa shape index (κ1) is 92.1. The number of nitrogens with zero attached hydrogens (tertiary/aromatic N) is 19. The molecule has 9 rings (SSSR count). The van der Waals surface area contributed by atoms with Crippen LogP contribution < -0.4 is 0 Å². The molecule has 0 aliphatic carbocycles. The van der Waals surface area contributed by atoms with Crippen molar-refractivity contribution in [3.63, 3.8) is 0 Å². The molecule has 0 aromatic carbocycles. The average molecular weight is 1120 g/mol. The van der Waals surface area contributed by atoms with Crippen molar-refractivity contribution in [2.45, 2.75) is 187 Å². The summed E-state index contributed by atoms with van der Waals surface area (Å²) < 4.78 is 0. The van der Waals surface area contributed by atoms with Crippen LogP contribution in [-0.4, -0.2) is 95.4 Å². The Kier molecular flexibility index (Phi) is 100. The summed E-state index contributed by atoms with van der Waals surface area (Å²) in [5.41, 5.74) is 8.23. The van der Waals surface area contributed by atoms with Crippen LogP contribution in [0, 0.1) is 62.3 Å². The standard InChI is InChI=1S/C6H7N.6C5H6N2.2C4H5N3.9C2H6/c1-6-2-4-7-5-3-6;1-5-2-6-4-7-3-5;1-5-4-6-2-3-7-5;2*1-5-2-3-6-4-7-5;1-5-2-3-6-7-4-5;1-5-6-3-2-4-7-5;1-4-2-6-7-3-5-4;1-4-2-5-3-6-7-4;9*1-2/h2-5H,1H3;6*2-4H,1H3;2*2-3H,1H3;9*1-2H3. The van der Waals surface area contributed by atoms with Gasteiger partial charge in [0.25, 0.3) is 0 Å². The first-order valence-corrected chi connectivity index (χ1v) is 28.0. The molecule has 450 valence electrons. The molecule has 0 saturated carbocycles. The van der Waals surface area contributed by atoms with Gasteiger partial charge in [0.15, 0.2) is 0 Å². The van der Waals surface area contributed by atoms with Crippen molar-refractivity contribution in [1.29, 1.82) is 0 Å². The number of aromatic nitrogens is 19. The second-order valence-electron chi connectivity index (χ2n) is 12.2. The van der Waals surface area contributed by atoms with Gasteiger partial charge in [0.2, 0.25) is 0 Å². The lowest BCUT2D eigenvalue weighted by Crippen LogP contribution is -1.84. The minimum atomic E-state index is 0.822. The van der Waals surface area contributed by atoms with E-state index < -0.39 is 0 Å². The SMILES string of the molecule is CC.CC.CC.CC.CC.CC.CC.CC.CC.Cc1ccncc1.Cc1ccncn1.Cc1ccncn1.Cc1ccnnc1.Cc1cnccn1.Cc1cncnc1.Cc1cncnn1.Cc1cnncn1.Cc1ncccn1. The predicted molar refractivity (Wildman–Crippen MR) is 341 cm³/mol. The van der Waals surface area contributed by atoms with Crippen LogP contribution in [0.2, 0.25) is 0 Å². The Hall–Kier alpha value is -8.35. The fraction of sp³-hybridized carbons (Fsp3) is 0.435. The minimum Gasteiger partial charge on any atom is -0.265 e. The van der Waals surface area contributed by atoms with Gasteiger partial charge in [-0.1, -0.05) is 125 Å². The molecule has 0 aliphatic heterocycles. The molecule has 81 heavy (non-hydrogen) atoms. The highest BCUT2D eigenvalue weighted by molar-refractivity contribution is 5.06. The smallest absolute Gasteiger partial charge is 0.138 e. The van der Waals surface area contributed by atoms with E-state index in [4.69, 9.17) is 0 Å². The Labute approximate surface area is 492 Å². The fourth-order valence-corrected chi connectivity index (χ4v) is 3.23. The van der Waals surface area contributed by atoms with Crippen molar-refractivity contribution >= 4 is 0 Å². The number of hydrogen-bond donors (Lipinski definition) is 0. The maximum Gasteiger partial charge on any atom is 0.138 e. The van der Waals surface area contributed by atoms with E-state index in [1.54, 1.807) is 99.0 Å². The molecule has 0 unspecified atom stereocenters. The van der Waals surface area contributed by atoms with Crippen molar-refractivity contribution in [2.75, 3.05) is 0 Å². The Balaban J connectivity index is -0.0000000993. The van der Waals surface area contributed by atoms with Gasteiger partial charge in [-0.3, -0.25) is 15.0 Å². The molecule has 9 aromatic heterocycles. The Morgan fingerprint density at radius 2 is 0.654 bits per heavy atom. The lowest BCUT2D eigenvalue weighted by Gasteiger charge is -1.82. The molecule has 19 heteroatoms. The average Bonchev–Trinajstić information content (AvgIpc) is 3.55. The zero-order chi connectivity index (χ0) is 64.0. The van der Waals surface area contributed by atoms with Crippen molar-refractivity contribution in [1.82, 2.24) is 95.4 Å². The lowest BCUT2D eigenvalue weighted by atomic mass is 10.3. The zero-order valence-corrected chi connectivity index (χ0v) is 55.0. The second kappa shape index (κ2) is 88.3. The van der Waals surface area contributed by atoms with Crippen LogP contribution >= 0.6 is 0 Å². The van der Waals surface area contributed by atoms with Gasteiger partial charge in [0.1, 0.15) is 37.5 Å². The largest absolute Gasteiger partial charge is 0.265 e. The Bertz CT molecular complexity index is 1770. The summed E-state index contributed by atoms with van der Waals surface area (Å²) in [6.45, 7) is 53.3. The third-order valence-corrected chi connectivity index (χ3v) is 6.34. The van der Waals surface area contributed by atoms with Gasteiger partial charge in [-0.05, 0) is 115 Å². The maximum absolute atomic E-state index is 3.92. The highest BCUT2D eigenvalue weighted by Crippen LogP contribution is 1.89. The molecule has 0 amide bonds. The normalized spacial score (nSPS) is 7.44. The summed E-state index contributed by atoms with van der Waals surface area (Å²) in [6, 6.07) is 11.4. The van der Waals surface area contributed by atoms with Gasteiger partial charge in [-0.25, -0.2) is 49.8 Å². The van der Waals surface area contributed by atoms with Gasteiger partial charge < -0.3 is 0 Å². The van der Waals surface area contributed by atoms with Crippen LogP contribution in [0.15, 0.2) is 161 Å². The van der Waals surface area contributed by atoms with E-state index in [1.807, 2.05) is 217 Å². The first-order chi connectivity index (χ1) is 39.5. The van der Waals surface area contributed by atoms with Crippen molar-refractivity contribution in [2.24, 2.45) is 0 Å². The second-order valence-corrected chi connectivity index (χ2v) is 12.2. The zero-order valence-electron chi connectivity index (χ0n) is 55.0. The van der Waals surface area contributed by atoms with E-state index in [1.165, 1.54) is 37.2 Å². The molecule has 0 atom stereocenters. The lowest BCUT2D eigenvalue weighted by molar-refractivity contribution is 0.925. The minimum absolute atomic E-state index is 0.822. The molecule has 0 saturated heterocycles. The fourth-order valence-electron chi connectivity index (χ4n) is 3.23. The Morgan fingerprint density at radius 3 is 0.852 bits per heavy atom. The van der Waals surface area contributed by atoms with Crippen LogP contribution in [0.25, 0.3) is 0 Å². The molecule has 0 aliphatic rings. The van der Waals surface area contributed by atoms with Crippen LogP contribution in [0.5, 0.6) is 0 Å². The van der Waals surface area contributed by atoms with E-state index >= 15 is 0 Å². The topological polar surface area (TPSA) is 245 Å². The molecule has 9 aromatic rings. The number of aryl methyl sites for hydroxylation is 9. The highest BCUT2D eigenvalue weighted by Gasteiger charge is 1.80. The molecule has 0 bridgehead atoms.